The van der Waals surface area contributed by atoms with Crippen LogP contribution in [0.4, 0.5) is 0 Å². The lowest BCUT2D eigenvalue weighted by Crippen LogP contribution is -2.32. The molecule has 0 radical (unpaired) electrons. The summed E-state index contributed by atoms with van der Waals surface area (Å²) in [7, 11) is 0. The molecule has 0 aromatic heterocycles. The first kappa shape index (κ1) is 18.2. The number of thioether (sulfide) groups is 1. The average Bonchev–Trinajstić information content (AvgIpc) is 3.19. The van der Waals surface area contributed by atoms with Gasteiger partial charge in [-0.2, -0.15) is 0 Å². The zero-order chi connectivity index (χ0) is 18.6. The lowest BCUT2D eigenvalue weighted by atomic mass is 10.0. The second-order valence-corrected chi connectivity index (χ2v) is 8.05. The molecule has 2 heterocycles. The highest BCUT2D eigenvalue weighted by Crippen LogP contribution is 2.38. The maximum atomic E-state index is 12.8. The van der Waals surface area contributed by atoms with Gasteiger partial charge in [0.25, 0.3) is 0 Å². The van der Waals surface area contributed by atoms with Gasteiger partial charge in [-0.05, 0) is 48.6 Å². The molecule has 0 bridgehead atoms. The average molecular weight is 384 g/mol. The molecule has 4 rings (SSSR count). The largest absolute Gasteiger partial charge is 0.486 e. The summed E-state index contributed by atoms with van der Waals surface area (Å²) in [6.07, 6.45) is 2.06. The molecular weight excluding hydrogens is 358 g/mol. The monoisotopic (exact) mass is 383 g/mol. The summed E-state index contributed by atoms with van der Waals surface area (Å²) in [6, 6.07) is 14.6. The van der Waals surface area contributed by atoms with Crippen molar-refractivity contribution in [1.29, 1.82) is 0 Å². The van der Waals surface area contributed by atoms with E-state index in [0.29, 0.717) is 19.0 Å². The van der Waals surface area contributed by atoms with E-state index >= 15 is 0 Å². The van der Waals surface area contributed by atoms with E-state index in [-0.39, 0.29) is 11.9 Å². The number of carbonyl (C=O) groups excluding carboxylic acids is 1. The number of hydrogen-bond donors (Lipinski definition) is 0. The van der Waals surface area contributed by atoms with Crippen molar-refractivity contribution in [2.24, 2.45) is 0 Å². The molecule has 1 unspecified atom stereocenters. The molecule has 2 aliphatic heterocycles. The van der Waals surface area contributed by atoms with Gasteiger partial charge in [-0.3, -0.25) is 4.79 Å². The zero-order valence-corrected chi connectivity index (χ0v) is 16.5. The molecule has 4 nitrogen and oxygen atoms in total. The summed E-state index contributed by atoms with van der Waals surface area (Å²) in [6.45, 7) is 4.14. The van der Waals surface area contributed by atoms with Crippen LogP contribution in [-0.4, -0.2) is 36.3 Å². The number of amides is 1. The molecule has 0 aliphatic carbocycles. The van der Waals surface area contributed by atoms with Gasteiger partial charge in [-0.25, -0.2) is 0 Å². The van der Waals surface area contributed by atoms with Crippen molar-refractivity contribution >= 4 is 17.7 Å². The second-order valence-electron chi connectivity index (χ2n) is 7.07. The molecule has 0 N–H and O–H groups in total. The first-order valence-electron chi connectivity index (χ1n) is 9.53. The number of fused-ring (bicyclic) bond motifs is 1. The summed E-state index contributed by atoms with van der Waals surface area (Å²) >= 11 is 1.70. The Balaban J connectivity index is 1.39. The van der Waals surface area contributed by atoms with E-state index in [1.807, 2.05) is 17.0 Å². The van der Waals surface area contributed by atoms with Crippen molar-refractivity contribution < 1.29 is 14.3 Å². The van der Waals surface area contributed by atoms with Crippen LogP contribution in [0, 0.1) is 6.92 Å². The minimum absolute atomic E-state index is 0.146. The zero-order valence-electron chi connectivity index (χ0n) is 15.6. The first-order valence-corrected chi connectivity index (χ1v) is 10.7. The number of aryl methyl sites for hydroxylation is 1. The molecule has 5 heteroatoms. The Hall–Kier alpha value is -2.14. The number of nitrogens with zero attached hydrogens (tertiary/aromatic N) is 1. The second kappa shape index (κ2) is 8.26. The summed E-state index contributed by atoms with van der Waals surface area (Å²) in [5.74, 6) is 3.23. The molecule has 1 saturated heterocycles. The van der Waals surface area contributed by atoms with Crippen molar-refractivity contribution in [1.82, 2.24) is 4.90 Å². The minimum Gasteiger partial charge on any atom is -0.486 e. The molecule has 1 atom stereocenters. The maximum Gasteiger partial charge on any atom is 0.233 e. The lowest BCUT2D eigenvalue weighted by molar-refractivity contribution is -0.129. The fourth-order valence-electron chi connectivity index (χ4n) is 3.78. The highest BCUT2D eigenvalue weighted by Gasteiger charge is 2.30. The van der Waals surface area contributed by atoms with Crippen molar-refractivity contribution in [3.05, 3.63) is 59.2 Å². The molecule has 0 saturated carbocycles. The lowest BCUT2D eigenvalue weighted by Gasteiger charge is -2.26. The van der Waals surface area contributed by atoms with Gasteiger partial charge in [0.1, 0.15) is 13.2 Å². The number of rotatable bonds is 5. The molecule has 0 spiro atoms. The number of carbonyl (C=O) groups is 1. The van der Waals surface area contributed by atoms with Crippen LogP contribution in [0.1, 0.15) is 35.6 Å². The van der Waals surface area contributed by atoms with Crippen molar-refractivity contribution in [3.8, 4) is 11.5 Å². The SMILES string of the molecule is Cc1ccccc1CSCC(=O)N1CCCC1c1ccc2c(c1)OCCO2. The molecule has 2 aromatic carbocycles. The van der Waals surface area contributed by atoms with E-state index in [1.54, 1.807) is 11.8 Å². The third kappa shape index (κ3) is 4.08. The topological polar surface area (TPSA) is 38.8 Å². The van der Waals surface area contributed by atoms with Gasteiger partial charge in [-0.1, -0.05) is 30.3 Å². The Morgan fingerprint density at radius 3 is 2.81 bits per heavy atom. The van der Waals surface area contributed by atoms with Gasteiger partial charge in [0.2, 0.25) is 5.91 Å². The van der Waals surface area contributed by atoms with Crippen LogP contribution in [0.2, 0.25) is 0 Å². The number of benzene rings is 2. The van der Waals surface area contributed by atoms with Crippen molar-refractivity contribution in [2.75, 3.05) is 25.5 Å². The van der Waals surface area contributed by atoms with E-state index in [4.69, 9.17) is 9.47 Å². The summed E-state index contributed by atoms with van der Waals surface area (Å²) < 4.78 is 11.3. The van der Waals surface area contributed by atoms with Gasteiger partial charge in [0.15, 0.2) is 11.5 Å². The van der Waals surface area contributed by atoms with E-state index in [2.05, 4.69) is 37.3 Å². The maximum absolute atomic E-state index is 12.8. The quantitative estimate of drug-likeness (QED) is 0.769. The normalized spacial score (nSPS) is 18.6. The van der Waals surface area contributed by atoms with Crippen LogP contribution in [0.5, 0.6) is 11.5 Å². The Bertz CT molecular complexity index is 823. The van der Waals surface area contributed by atoms with Crippen LogP contribution in [0.3, 0.4) is 0 Å². The number of likely N-dealkylation sites (tertiary alicyclic amines) is 1. The van der Waals surface area contributed by atoms with E-state index in [0.717, 1.165) is 42.2 Å². The van der Waals surface area contributed by atoms with E-state index < -0.39 is 0 Å². The summed E-state index contributed by atoms with van der Waals surface area (Å²) in [5, 5.41) is 0. The van der Waals surface area contributed by atoms with Gasteiger partial charge >= 0.3 is 0 Å². The Morgan fingerprint density at radius 1 is 1.15 bits per heavy atom. The Labute approximate surface area is 164 Å². The van der Waals surface area contributed by atoms with Crippen LogP contribution in [-0.2, 0) is 10.5 Å². The number of ether oxygens (including phenoxy) is 2. The molecule has 27 heavy (non-hydrogen) atoms. The summed E-state index contributed by atoms with van der Waals surface area (Å²) in [5.41, 5.74) is 3.74. The van der Waals surface area contributed by atoms with Crippen LogP contribution in [0.15, 0.2) is 42.5 Å². The predicted octanol–water partition coefficient (Wildman–Crippen LogP) is 4.36. The van der Waals surface area contributed by atoms with Gasteiger partial charge in [0, 0.05) is 12.3 Å². The smallest absolute Gasteiger partial charge is 0.233 e. The number of hydrogen-bond acceptors (Lipinski definition) is 4. The van der Waals surface area contributed by atoms with Crippen LogP contribution < -0.4 is 9.47 Å². The van der Waals surface area contributed by atoms with Crippen molar-refractivity contribution in [2.45, 2.75) is 31.6 Å². The summed E-state index contributed by atoms with van der Waals surface area (Å²) in [4.78, 5) is 14.9. The van der Waals surface area contributed by atoms with Gasteiger partial charge in [0.05, 0.1) is 11.8 Å². The first-order chi connectivity index (χ1) is 13.2. The standard InChI is InChI=1S/C22H25NO3S/c1-16-5-2-3-6-18(16)14-27-15-22(24)23-10-4-7-19(23)17-8-9-20-21(13-17)26-12-11-25-20/h2-3,5-6,8-9,13,19H,4,7,10-12,14-15H2,1H3. The Kier molecular flexibility index (Phi) is 5.58. The third-order valence-electron chi connectivity index (χ3n) is 5.27. The fourth-order valence-corrected chi connectivity index (χ4v) is 4.77. The predicted molar refractivity (Wildman–Crippen MR) is 108 cm³/mol. The van der Waals surface area contributed by atoms with E-state index in [9.17, 15) is 4.79 Å². The molecule has 2 aromatic rings. The van der Waals surface area contributed by atoms with Gasteiger partial charge < -0.3 is 14.4 Å². The Morgan fingerprint density at radius 2 is 1.96 bits per heavy atom. The fraction of sp³-hybridized carbons (Fsp3) is 0.409. The van der Waals surface area contributed by atoms with Crippen molar-refractivity contribution in [3.63, 3.8) is 0 Å². The third-order valence-corrected chi connectivity index (χ3v) is 6.23. The van der Waals surface area contributed by atoms with Crippen LogP contribution in [0.25, 0.3) is 0 Å². The minimum atomic E-state index is 0.146. The molecule has 2 aliphatic rings. The highest BCUT2D eigenvalue weighted by atomic mass is 32.2. The van der Waals surface area contributed by atoms with Gasteiger partial charge in [-0.15, -0.1) is 11.8 Å². The van der Waals surface area contributed by atoms with Crippen LogP contribution >= 0.6 is 11.8 Å². The highest BCUT2D eigenvalue weighted by molar-refractivity contribution is 7.99. The molecular formula is C22H25NO3S. The molecule has 1 fully saturated rings. The molecule has 142 valence electrons. The molecule has 1 amide bonds. The van der Waals surface area contributed by atoms with E-state index in [1.165, 1.54) is 11.1 Å².